The molecule has 2 atom stereocenters. The van der Waals surface area contributed by atoms with Crippen molar-refractivity contribution < 1.29 is 5.11 Å². The van der Waals surface area contributed by atoms with Gasteiger partial charge in [-0.1, -0.05) is 13.8 Å². The van der Waals surface area contributed by atoms with Crippen molar-refractivity contribution >= 4 is 0 Å². The van der Waals surface area contributed by atoms with E-state index in [0.717, 1.165) is 6.42 Å². The maximum atomic E-state index is 8.84. The van der Waals surface area contributed by atoms with Crippen LogP contribution in [0.1, 0.15) is 33.6 Å². The summed E-state index contributed by atoms with van der Waals surface area (Å²) in [5.41, 5.74) is 0. The average molecular weight is 140 g/mol. The number of hydrogen-bond donors (Lipinski definition) is 1. The minimum absolute atomic E-state index is 0.281. The molecule has 0 aliphatic heterocycles. The molecule has 0 aliphatic rings. The van der Waals surface area contributed by atoms with Gasteiger partial charge >= 0.3 is 0 Å². The predicted molar refractivity (Wildman–Crippen MR) is 43.5 cm³/mol. The standard InChI is InChI=1S/C9H16O/c1-4-8(2)6-5-7-9(3)10/h8-10H,4,7H2,1-3H3. The Morgan fingerprint density at radius 1 is 1.40 bits per heavy atom. The van der Waals surface area contributed by atoms with Gasteiger partial charge in [-0.25, -0.2) is 0 Å². The van der Waals surface area contributed by atoms with E-state index in [4.69, 9.17) is 5.11 Å². The van der Waals surface area contributed by atoms with E-state index in [9.17, 15) is 0 Å². The molecule has 2 unspecified atom stereocenters. The van der Waals surface area contributed by atoms with Gasteiger partial charge in [0.1, 0.15) is 0 Å². The van der Waals surface area contributed by atoms with E-state index in [1.807, 2.05) is 0 Å². The minimum Gasteiger partial charge on any atom is -0.392 e. The molecule has 0 amide bonds. The topological polar surface area (TPSA) is 20.2 Å². The summed E-state index contributed by atoms with van der Waals surface area (Å²) >= 11 is 0. The summed E-state index contributed by atoms with van der Waals surface area (Å²) in [5.74, 6) is 6.46. The minimum atomic E-state index is -0.281. The van der Waals surface area contributed by atoms with Gasteiger partial charge in [0.05, 0.1) is 6.10 Å². The fraction of sp³-hybridized carbons (Fsp3) is 0.778. The van der Waals surface area contributed by atoms with Crippen LogP contribution in [0.2, 0.25) is 0 Å². The molecule has 0 fully saturated rings. The molecule has 0 saturated carbocycles. The summed E-state index contributed by atoms with van der Waals surface area (Å²) in [6.45, 7) is 5.96. The number of aliphatic hydroxyl groups is 1. The monoisotopic (exact) mass is 140 g/mol. The Hall–Kier alpha value is -0.480. The number of rotatable bonds is 2. The normalized spacial score (nSPS) is 15.2. The average Bonchev–Trinajstić information content (AvgIpc) is 1.87. The molecule has 58 valence electrons. The molecule has 0 radical (unpaired) electrons. The Kier molecular flexibility index (Phi) is 5.06. The summed E-state index contributed by atoms with van der Waals surface area (Å²) in [4.78, 5) is 0. The lowest BCUT2D eigenvalue weighted by atomic mass is 10.1. The van der Waals surface area contributed by atoms with Gasteiger partial charge in [0.15, 0.2) is 0 Å². The molecule has 0 aromatic heterocycles. The smallest absolute Gasteiger partial charge is 0.0621 e. The molecule has 0 aromatic carbocycles. The first-order valence-electron chi connectivity index (χ1n) is 3.83. The molecule has 1 N–H and O–H groups in total. The third-order valence-electron chi connectivity index (χ3n) is 1.36. The van der Waals surface area contributed by atoms with Crippen molar-refractivity contribution in [2.45, 2.75) is 39.7 Å². The van der Waals surface area contributed by atoms with Gasteiger partial charge in [0.2, 0.25) is 0 Å². The second-order valence-corrected chi connectivity index (χ2v) is 2.68. The maximum Gasteiger partial charge on any atom is 0.0621 e. The highest BCUT2D eigenvalue weighted by Crippen LogP contribution is 1.97. The largest absolute Gasteiger partial charge is 0.392 e. The van der Waals surface area contributed by atoms with Crippen LogP contribution in [-0.4, -0.2) is 11.2 Å². The summed E-state index contributed by atoms with van der Waals surface area (Å²) in [6, 6.07) is 0. The van der Waals surface area contributed by atoms with Crippen LogP contribution >= 0.6 is 0 Å². The zero-order valence-electron chi connectivity index (χ0n) is 7.02. The zero-order chi connectivity index (χ0) is 7.98. The molecular formula is C9H16O. The van der Waals surface area contributed by atoms with E-state index in [1.165, 1.54) is 0 Å². The first-order valence-corrected chi connectivity index (χ1v) is 3.83. The molecule has 1 nitrogen and oxygen atoms in total. The van der Waals surface area contributed by atoms with Gasteiger partial charge in [-0.05, 0) is 13.3 Å². The fourth-order valence-electron chi connectivity index (χ4n) is 0.483. The lowest BCUT2D eigenvalue weighted by molar-refractivity contribution is 0.201. The van der Waals surface area contributed by atoms with E-state index in [-0.39, 0.29) is 6.10 Å². The highest BCUT2D eigenvalue weighted by Gasteiger charge is 1.91. The first kappa shape index (κ1) is 9.52. The van der Waals surface area contributed by atoms with Crippen LogP contribution < -0.4 is 0 Å². The predicted octanol–water partition coefficient (Wildman–Crippen LogP) is 1.81. The summed E-state index contributed by atoms with van der Waals surface area (Å²) < 4.78 is 0. The molecule has 0 saturated heterocycles. The Morgan fingerprint density at radius 3 is 2.40 bits per heavy atom. The van der Waals surface area contributed by atoms with Gasteiger partial charge in [-0.15, -0.1) is 11.8 Å². The second-order valence-electron chi connectivity index (χ2n) is 2.68. The van der Waals surface area contributed by atoms with Crippen molar-refractivity contribution in [3.05, 3.63) is 0 Å². The molecule has 1 heteroatoms. The SMILES string of the molecule is CCC(C)C#CCC(C)O. The van der Waals surface area contributed by atoms with Crippen LogP contribution in [0, 0.1) is 17.8 Å². The van der Waals surface area contributed by atoms with Crippen molar-refractivity contribution in [2.75, 3.05) is 0 Å². The first-order chi connectivity index (χ1) is 4.66. The highest BCUT2D eigenvalue weighted by atomic mass is 16.3. The van der Waals surface area contributed by atoms with Gasteiger partial charge in [0.25, 0.3) is 0 Å². The lowest BCUT2D eigenvalue weighted by Crippen LogP contribution is -1.96. The molecule has 10 heavy (non-hydrogen) atoms. The number of hydrogen-bond acceptors (Lipinski definition) is 1. The Bertz CT molecular complexity index is 127. The molecule has 0 heterocycles. The summed E-state index contributed by atoms with van der Waals surface area (Å²) in [6.07, 6.45) is 1.41. The van der Waals surface area contributed by atoms with Crippen molar-refractivity contribution in [2.24, 2.45) is 5.92 Å². The third kappa shape index (κ3) is 5.65. The summed E-state index contributed by atoms with van der Waals surface area (Å²) in [7, 11) is 0. The lowest BCUT2D eigenvalue weighted by Gasteiger charge is -1.96. The fourth-order valence-corrected chi connectivity index (χ4v) is 0.483. The Balaban J connectivity index is 3.48. The molecule has 0 bridgehead atoms. The van der Waals surface area contributed by atoms with Gasteiger partial charge in [-0.3, -0.25) is 0 Å². The van der Waals surface area contributed by atoms with Gasteiger partial charge in [-0.2, -0.15) is 0 Å². The van der Waals surface area contributed by atoms with Crippen LogP contribution in [0.25, 0.3) is 0 Å². The van der Waals surface area contributed by atoms with Crippen LogP contribution in [-0.2, 0) is 0 Å². The summed E-state index contributed by atoms with van der Waals surface area (Å²) in [5, 5.41) is 8.84. The van der Waals surface area contributed by atoms with E-state index >= 15 is 0 Å². The van der Waals surface area contributed by atoms with E-state index in [1.54, 1.807) is 6.92 Å². The van der Waals surface area contributed by atoms with Crippen molar-refractivity contribution in [1.29, 1.82) is 0 Å². The zero-order valence-corrected chi connectivity index (χ0v) is 7.02. The van der Waals surface area contributed by atoms with E-state index in [0.29, 0.717) is 12.3 Å². The van der Waals surface area contributed by atoms with Crippen LogP contribution in [0.15, 0.2) is 0 Å². The highest BCUT2D eigenvalue weighted by molar-refractivity contribution is 5.02. The molecule has 0 spiro atoms. The Morgan fingerprint density at radius 2 is 2.00 bits per heavy atom. The second kappa shape index (κ2) is 5.32. The number of aliphatic hydroxyl groups excluding tert-OH is 1. The molecule has 0 aliphatic carbocycles. The van der Waals surface area contributed by atoms with Crippen molar-refractivity contribution in [3.8, 4) is 11.8 Å². The van der Waals surface area contributed by atoms with Gasteiger partial charge < -0.3 is 5.11 Å². The van der Waals surface area contributed by atoms with Gasteiger partial charge in [0, 0.05) is 12.3 Å². The van der Waals surface area contributed by atoms with E-state index < -0.39 is 0 Å². The molecule has 0 aromatic rings. The van der Waals surface area contributed by atoms with Crippen molar-refractivity contribution in [3.63, 3.8) is 0 Å². The van der Waals surface area contributed by atoms with Crippen LogP contribution in [0.4, 0.5) is 0 Å². The molecular weight excluding hydrogens is 124 g/mol. The van der Waals surface area contributed by atoms with Crippen LogP contribution in [0.3, 0.4) is 0 Å². The maximum absolute atomic E-state index is 8.84. The Labute approximate surface area is 63.5 Å². The third-order valence-corrected chi connectivity index (χ3v) is 1.36. The van der Waals surface area contributed by atoms with E-state index in [2.05, 4.69) is 25.7 Å². The van der Waals surface area contributed by atoms with Crippen LogP contribution in [0.5, 0.6) is 0 Å². The molecule has 0 rings (SSSR count). The van der Waals surface area contributed by atoms with Crippen molar-refractivity contribution in [1.82, 2.24) is 0 Å². The quantitative estimate of drug-likeness (QED) is 0.580.